The minimum Gasteiger partial charge on any atom is -0.427 e. The highest BCUT2D eigenvalue weighted by molar-refractivity contribution is 5.72. The molecule has 0 fully saturated rings. The molecule has 0 aliphatic carbocycles. The Kier molecular flexibility index (Phi) is 4.00. The van der Waals surface area contributed by atoms with Crippen molar-refractivity contribution in [2.75, 3.05) is 0 Å². The van der Waals surface area contributed by atoms with Gasteiger partial charge in [-0.25, -0.2) is 4.68 Å². The van der Waals surface area contributed by atoms with Crippen molar-refractivity contribution >= 4 is 5.97 Å². The molecule has 112 valence electrons. The monoisotopic (exact) mass is 296 g/mol. The molecule has 0 radical (unpaired) electrons. The van der Waals surface area contributed by atoms with Crippen LogP contribution in [0, 0.1) is 0 Å². The molecule has 1 aromatic carbocycles. The summed E-state index contributed by atoms with van der Waals surface area (Å²) in [6, 6.07) is 9.10. The third-order valence-electron chi connectivity index (χ3n) is 3.21. The number of hydrogen-bond donors (Lipinski definition) is 0. The van der Waals surface area contributed by atoms with Gasteiger partial charge in [0.15, 0.2) is 0 Å². The quantitative estimate of drug-likeness (QED) is 0.534. The van der Waals surface area contributed by atoms with E-state index in [4.69, 9.17) is 4.74 Å². The summed E-state index contributed by atoms with van der Waals surface area (Å²) in [5.41, 5.74) is 1.94. The second kappa shape index (κ2) is 6.26. The lowest BCUT2D eigenvalue weighted by Crippen LogP contribution is -2.09. The summed E-state index contributed by atoms with van der Waals surface area (Å²) < 4.78 is 8.78. The topological polar surface area (TPSA) is 61.9 Å². The first-order chi connectivity index (χ1) is 10.7. The van der Waals surface area contributed by atoms with E-state index in [0.29, 0.717) is 18.6 Å². The molecule has 0 unspecified atom stereocenters. The fourth-order valence-electron chi connectivity index (χ4n) is 2.12. The molecule has 22 heavy (non-hydrogen) atoms. The van der Waals surface area contributed by atoms with E-state index >= 15 is 0 Å². The molecular weight excluding hydrogens is 280 g/mol. The fourth-order valence-corrected chi connectivity index (χ4v) is 2.12. The minimum atomic E-state index is -0.254. The number of nitrogens with zero attached hydrogens (tertiary/aromatic N) is 4. The van der Waals surface area contributed by atoms with Gasteiger partial charge in [0.25, 0.3) is 0 Å². The highest BCUT2D eigenvalue weighted by atomic mass is 16.5. The third-order valence-corrected chi connectivity index (χ3v) is 3.21. The second-order valence-electron chi connectivity index (χ2n) is 4.94. The van der Waals surface area contributed by atoms with E-state index in [9.17, 15) is 4.79 Å². The Morgan fingerprint density at radius 3 is 2.68 bits per heavy atom. The summed E-state index contributed by atoms with van der Waals surface area (Å²) in [5, 5.41) is 8.21. The van der Waals surface area contributed by atoms with Crippen molar-refractivity contribution in [1.82, 2.24) is 19.6 Å². The van der Waals surface area contributed by atoms with Crippen molar-refractivity contribution in [3.63, 3.8) is 0 Å². The first kappa shape index (κ1) is 14.1. The fraction of sp³-hybridized carbons (Fsp3) is 0.188. The summed E-state index contributed by atoms with van der Waals surface area (Å²) in [7, 11) is 1.85. The summed E-state index contributed by atoms with van der Waals surface area (Å²) in [4.78, 5) is 11.8. The number of carbonyl (C=O) groups is 1. The Bertz CT molecular complexity index is 745. The van der Waals surface area contributed by atoms with Gasteiger partial charge in [0.2, 0.25) is 0 Å². The lowest BCUT2D eigenvalue weighted by atomic mass is 10.2. The van der Waals surface area contributed by atoms with E-state index in [1.54, 1.807) is 33.9 Å². The molecule has 2 aromatic heterocycles. The molecule has 0 spiro atoms. The zero-order valence-electron chi connectivity index (χ0n) is 12.2. The molecule has 0 saturated heterocycles. The van der Waals surface area contributed by atoms with Crippen molar-refractivity contribution in [1.29, 1.82) is 0 Å². The number of esters is 1. The van der Waals surface area contributed by atoms with Gasteiger partial charge in [0.1, 0.15) is 5.75 Å². The van der Waals surface area contributed by atoms with E-state index in [-0.39, 0.29) is 5.97 Å². The maximum atomic E-state index is 11.8. The first-order valence-corrected chi connectivity index (χ1v) is 6.99. The van der Waals surface area contributed by atoms with Crippen LogP contribution in [0.5, 0.6) is 5.75 Å². The Balaban J connectivity index is 1.55. The Morgan fingerprint density at radius 1 is 1.23 bits per heavy atom. The summed E-state index contributed by atoms with van der Waals surface area (Å²) in [5.74, 6) is 0.280. The maximum Gasteiger partial charge on any atom is 0.311 e. The van der Waals surface area contributed by atoms with Gasteiger partial charge in [0, 0.05) is 25.6 Å². The molecule has 2 heterocycles. The Labute approximate surface area is 127 Å². The van der Waals surface area contributed by atoms with Gasteiger partial charge in [-0.1, -0.05) is 0 Å². The minimum absolute atomic E-state index is 0.254. The molecule has 0 aliphatic heterocycles. The first-order valence-electron chi connectivity index (χ1n) is 6.99. The standard InChI is InChI=1S/C16H16N4O2/c1-19-12-13(11-18-19)3-8-16(21)22-15-6-4-14(5-7-15)20-10-2-9-17-20/h2,4-7,9-12H,3,8H2,1H3. The van der Waals surface area contributed by atoms with Crippen LogP contribution in [-0.4, -0.2) is 25.5 Å². The van der Waals surface area contributed by atoms with E-state index in [0.717, 1.165) is 11.3 Å². The second-order valence-corrected chi connectivity index (χ2v) is 4.94. The van der Waals surface area contributed by atoms with Gasteiger partial charge >= 0.3 is 5.97 Å². The summed E-state index contributed by atoms with van der Waals surface area (Å²) >= 11 is 0. The third kappa shape index (κ3) is 3.41. The van der Waals surface area contributed by atoms with Gasteiger partial charge < -0.3 is 4.74 Å². The average molecular weight is 296 g/mol. The normalized spacial score (nSPS) is 10.6. The predicted molar refractivity (Wildman–Crippen MR) is 80.7 cm³/mol. The van der Waals surface area contributed by atoms with E-state index in [1.807, 2.05) is 37.6 Å². The van der Waals surface area contributed by atoms with Crippen LogP contribution in [0.4, 0.5) is 0 Å². The number of ether oxygens (including phenoxy) is 1. The van der Waals surface area contributed by atoms with Crippen LogP contribution in [-0.2, 0) is 18.3 Å². The largest absolute Gasteiger partial charge is 0.427 e. The van der Waals surface area contributed by atoms with E-state index in [1.165, 1.54) is 0 Å². The highest BCUT2D eigenvalue weighted by Gasteiger charge is 2.07. The van der Waals surface area contributed by atoms with Gasteiger partial charge in [0.05, 0.1) is 18.3 Å². The maximum absolute atomic E-state index is 11.8. The lowest BCUT2D eigenvalue weighted by molar-refractivity contribution is -0.134. The number of aromatic nitrogens is 4. The van der Waals surface area contributed by atoms with Crippen LogP contribution in [0.3, 0.4) is 0 Å². The molecule has 3 rings (SSSR count). The van der Waals surface area contributed by atoms with Crippen LogP contribution < -0.4 is 4.74 Å². The van der Waals surface area contributed by atoms with Crippen LogP contribution in [0.25, 0.3) is 5.69 Å². The summed E-state index contributed by atoms with van der Waals surface area (Å²) in [6.07, 6.45) is 8.17. The molecule has 6 heteroatoms. The molecule has 0 bridgehead atoms. The zero-order valence-corrected chi connectivity index (χ0v) is 12.2. The van der Waals surface area contributed by atoms with Crippen LogP contribution >= 0.6 is 0 Å². The van der Waals surface area contributed by atoms with Crippen molar-refractivity contribution < 1.29 is 9.53 Å². The Morgan fingerprint density at radius 2 is 2.05 bits per heavy atom. The van der Waals surface area contributed by atoms with Crippen molar-refractivity contribution in [3.8, 4) is 11.4 Å². The van der Waals surface area contributed by atoms with Crippen LogP contribution in [0.15, 0.2) is 55.1 Å². The van der Waals surface area contributed by atoms with Gasteiger partial charge in [-0.05, 0) is 42.3 Å². The van der Waals surface area contributed by atoms with E-state index in [2.05, 4.69) is 10.2 Å². The van der Waals surface area contributed by atoms with Crippen LogP contribution in [0.2, 0.25) is 0 Å². The molecule has 6 nitrogen and oxygen atoms in total. The number of benzene rings is 1. The number of aryl methyl sites for hydroxylation is 2. The molecule has 0 atom stereocenters. The number of rotatable bonds is 5. The van der Waals surface area contributed by atoms with Crippen molar-refractivity contribution in [2.24, 2.45) is 7.05 Å². The van der Waals surface area contributed by atoms with Crippen molar-refractivity contribution in [3.05, 3.63) is 60.7 Å². The molecule has 0 saturated carbocycles. The zero-order chi connectivity index (χ0) is 15.4. The molecule has 0 amide bonds. The van der Waals surface area contributed by atoms with Gasteiger partial charge in [-0.15, -0.1) is 0 Å². The lowest BCUT2D eigenvalue weighted by Gasteiger charge is -2.05. The smallest absolute Gasteiger partial charge is 0.311 e. The highest BCUT2D eigenvalue weighted by Crippen LogP contribution is 2.15. The summed E-state index contributed by atoms with van der Waals surface area (Å²) in [6.45, 7) is 0. The molecule has 3 aromatic rings. The molecule has 0 aliphatic rings. The number of hydrogen-bond acceptors (Lipinski definition) is 4. The SMILES string of the molecule is Cn1cc(CCC(=O)Oc2ccc(-n3cccn3)cc2)cn1. The molecule has 0 N–H and O–H groups in total. The van der Waals surface area contributed by atoms with E-state index < -0.39 is 0 Å². The van der Waals surface area contributed by atoms with Gasteiger partial charge in [-0.2, -0.15) is 10.2 Å². The Hall–Kier alpha value is -2.89. The van der Waals surface area contributed by atoms with Crippen molar-refractivity contribution in [2.45, 2.75) is 12.8 Å². The predicted octanol–water partition coefficient (Wildman–Crippen LogP) is 2.14. The van der Waals surface area contributed by atoms with Crippen LogP contribution in [0.1, 0.15) is 12.0 Å². The molecular formula is C16H16N4O2. The average Bonchev–Trinajstić information content (AvgIpc) is 3.17. The number of carbonyl (C=O) groups excluding carboxylic acids is 1. The van der Waals surface area contributed by atoms with Gasteiger partial charge in [-0.3, -0.25) is 9.48 Å².